The van der Waals surface area contributed by atoms with E-state index in [4.69, 9.17) is 9.47 Å². The maximum atomic E-state index is 12.5. The minimum atomic E-state index is -0.0943. The van der Waals surface area contributed by atoms with Crippen molar-refractivity contribution in [2.24, 2.45) is 0 Å². The van der Waals surface area contributed by atoms with Gasteiger partial charge in [0.2, 0.25) is 0 Å². The van der Waals surface area contributed by atoms with Gasteiger partial charge in [-0.05, 0) is 31.9 Å². The summed E-state index contributed by atoms with van der Waals surface area (Å²) in [7, 11) is 1.61. The summed E-state index contributed by atoms with van der Waals surface area (Å²) in [4.78, 5) is 26.8. The normalized spacial score (nSPS) is 14.7. The number of carbonyl (C=O) groups excluding carboxylic acids is 1. The predicted octanol–water partition coefficient (Wildman–Crippen LogP) is 1.68. The number of nitrogens with zero attached hydrogens (tertiary/aromatic N) is 4. The number of carbonyl (C=O) groups is 1. The van der Waals surface area contributed by atoms with Gasteiger partial charge in [-0.1, -0.05) is 18.2 Å². The molecule has 0 radical (unpaired) electrons. The molecule has 1 aromatic heterocycles. The number of hydrogen-bond acceptors (Lipinski definition) is 5. The second-order valence-electron chi connectivity index (χ2n) is 7.26. The van der Waals surface area contributed by atoms with Gasteiger partial charge in [-0.2, -0.15) is 5.10 Å². The number of amides is 2. The number of para-hydroxylation sites is 1. The number of methoxy groups -OCH3 is 1. The van der Waals surface area contributed by atoms with Crippen LogP contribution in [0.15, 0.2) is 35.1 Å². The second kappa shape index (κ2) is 10.8. The van der Waals surface area contributed by atoms with Gasteiger partial charge in [-0.15, -0.1) is 0 Å². The summed E-state index contributed by atoms with van der Waals surface area (Å²) in [5.74, 6) is 1.78. The summed E-state index contributed by atoms with van der Waals surface area (Å²) in [6.45, 7) is 5.59. The van der Waals surface area contributed by atoms with Crippen molar-refractivity contribution in [1.29, 1.82) is 0 Å². The Bertz CT molecular complexity index is 856. The van der Waals surface area contributed by atoms with Gasteiger partial charge < -0.3 is 19.7 Å². The van der Waals surface area contributed by atoms with Crippen molar-refractivity contribution in [3.05, 3.63) is 46.6 Å². The predicted molar refractivity (Wildman–Crippen MR) is 113 cm³/mol. The maximum Gasteiger partial charge on any atom is 0.345 e. The lowest BCUT2D eigenvalue weighted by Crippen LogP contribution is -2.45. The molecule has 1 aromatic carbocycles. The Morgan fingerprint density at radius 2 is 1.93 bits per heavy atom. The van der Waals surface area contributed by atoms with Crippen molar-refractivity contribution >= 4 is 6.03 Å². The van der Waals surface area contributed by atoms with E-state index in [-0.39, 0.29) is 17.6 Å². The molecule has 2 aromatic rings. The number of nitrogens with one attached hydrogen (secondary N) is 1. The first-order valence-electron chi connectivity index (χ1n) is 10.5. The van der Waals surface area contributed by atoms with Crippen LogP contribution in [0.3, 0.4) is 0 Å². The van der Waals surface area contributed by atoms with Crippen molar-refractivity contribution in [2.45, 2.75) is 38.8 Å². The molecule has 0 bridgehead atoms. The fraction of sp³-hybridized carbons (Fsp3) is 0.571. The molecule has 0 spiro atoms. The quantitative estimate of drug-likeness (QED) is 0.627. The standard InChI is InChI=1S/C21H31N5O4/c1-3-25-19(23-26(21(25)28)14-16-29-2)17-9-12-24(13-10-17)20(27)22-11-15-30-18-7-5-4-6-8-18/h4-8,17H,3,9-16H2,1-2H3,(H,22,27). The van der Waals surface area contributed by atoms with Crippen LogP contribution < -0.4 is 15.7 Å². The number of piperidine rings is 1. The average molecular weight is 418 g/mol. The van der Waals surface area contributed by atoms with E-state index in [2.05, 4.69) is 10.4 Å². The highest BCUT2D eigenvalue weighted by Crippen LogP contribution is 2.26. The van der Waals surface area contributed by atoms with E-state index in [0.717, 1.165) is 24.4 Å². The van der Waals surface area contributed by atoms with Crippen molar-refractivity contribution in [3.8, 4) is 5.75 Å². The van der Waals surface area contributed by atoms with Gasteiger partial charge >= 0.3 is 11.7 Å². The number of ether oxygens (including phenoxy) is 2. The van der Waals surface area contributed by atoms with Crippen LogP contribution in [0.1, 0.15) is 31.5 Å². The third kappa shape index (κ3) is 5.41. The van der Waals surface area contributed by atoms with E-state index >= 15 is 0 Å². The van der Waals surface area contributed by atoms with Gasteiger partial charge in [0, 0.05) is 32.7 Å². The first-order valence-corrected chi connectivity index (χ1v) is 10.5. The summed E-state index contributed by atoms with van der Waals surface area (Å²) in [6.07, 6.45) is 1.57. The van der Waals surface area contributed by atoms with Crippen molar-refractivity contribution in [3.63, 3.8) is 0 Å². The number of urea groups is 1. The largest absolute Gasteiger partial charge is 0.492 e. The highest BCUT2D eigenvalue weighted by molar-refractivity contribution is 5.74. The molecule has 1 aliphatic rings. The zero-order chi connectivity index (χ0) is 21.3. The van der Waals surface area contributed by atoms with Crippen LogP contribution in [0.4, 0.5) is 4.79 Å². The highest BCUT2D eigenvalue weighted by Gasteiger charge is 2.28. The van der Waals surface area contributed by atoms with Gasteiger partial charge in [0.1, 0.15) is 18.2 Å². The SMILES string of the molecule is CCn1c(C2CCN(C(=O)NCCOc3ccccc3)CC2)nn(CCOC)c1=O. The molecule has 9 nitrogen and oxygen atoms in total. The van der Waals surface area contributed by atoms with Gasteiger partial charge in [-0.3, -0.25) is 4.57 Å². The fourth-order valence-electron chi connectivity index (χ4n) is 3.68. The molecule has 30 heavy (non-hydrogen) atoms. The van der Waals surface area contributed by atoms with E-state index in [0.29, 0.717) is 45.9 Å². The number of hydrogen-bond donors (Lipinski definition) is 1. The Balaban J connectivity index is 1.47. The topological polar surface area (TPSA) is 90.6 Å². The summed E-state index contributed by atoms with van der Waals surface area (Å²) < 4.78 is 13.9. The van der Waals surface area contributed by atoms with Crippen LogP contribution in [0.2, 0.25) is 0 Å². The number of likely N-dealkylation sites (tertiary alicyclic amines) is 1. The summed E-state index contributed by atoms with van der Waals surface area (Å²) in [6, 6.07) is 9.46. The monoisotopic (exact) mass is 417 g/mol. The zero-order valence-corrected chi connectivity index (χ0v) is 17.7. The van der Waals surface area contributed by atoms with E-state index in [1.165, 1.54) is 4.68 Å². The minimum Gasteiger partial charge on any atom is -0.492 e. The molecule has 1 saturated heterocycles. The Morgan fingerprint density at radius 1 is 1.20 bits per heavy atom. The van der Waals surface area contributed by atoms with E-state index < -0.39 is 0 Å². The molecule has 1 N–H and O–H groups in total. The van der Waals surface area contributed by atoms with E-state index in [9.17, 15) is 9.59 Å². The van der Waals surface area contributed by atoms with Gasteiger partial charge in [0.05, 0.1) is 19.7 Å². The van der Waals surface area contributed by atoms with Crippen molar-refractivity contribution in [2.75, 3.05) is 40.0 Å². The zero-order valence-electron chi connectivity index (χ0n) is 17.7. The summed E-state index contributed by atoms with van der Waals surface area (Å²) in [5.41, 5.74) is -0.0943. The Morgan fingerprint density at radius 3 is 2.60 bits per heavy atom. The van der Waals surface area contributed by atoms with Crippen LogP contribution in [-0.2, 0) is 17.8 Å². The number of aromatic nitrogens is 3. The highest BCUT2D eigenvalue weighted by atomic mass is 16.5. The third-order valence-corrected chi connectivity index (χ3v) is 5.31. The molecule has 1 aliphatic heterocycles. The van der Waals surface area contributed by atoms with Crippen LogP contribution in [0.25, 0.3) is 0 Å². The molecule has 164 valence electrons. The molecule has 2 amide bonds. The first kappa shape index (κ1) is 21.9. The molecule has 2 heterocycles. The Kier molecular flexibility index (Phi) is 7.89. The van der Waals surface area contributed by atoms with E-state index in [1.807, 2.05) is 42.2 Å². The number of rotatable bonds is 9. The Labute approximate surface area is 176 Å². The fourth-order valence-corrected chi connectivity index (χ4v) is 3.68. The van der Waals surface area contributed by atoms with E-state index in [1.54, 1.807) is 11.7 Å². The van der Waals surface area contributed by atoms with Gasteiger partial charge in [0.25, 0.3) is 0 Å². The molecule has 0 saturated carbocycles. The molecular weight excluding hydrogens is 386 g/mol. The molecule has 0 unspecified atom stereocenters. The van der Waals surface area contributed by atoms with Crippen molar-refractivity contribution < 1.29 is 14.3 Å². The van der Waals surface area contributed by atoms with Crippen LogP contribution >= 0.6 is 0 Å². The number of benzene rings is 1. The van der Waals surface area contributed by atoms with Gasteiger partial charge in [0.15, 0.2) is 0 Å². The van der Waals surface area contributed by atoms with Gasteiger partial charge in [-0.25, -0.2) is 14.3 Å². The van der Waals surface area contributed by atoms with Crippen LogP contribution in [-0.4, -0.2) is 65.2 Å². The second-order valence-corrected chi connectivity index (χ2v) is 7.26. The minimum absolute atomic E-state index is 0.0800. The smallest absolute Gasteiger partial charge is 0.345 e. The molecule has 0 atom stereocenters. The molecule has 0 aliphatic carbocycles. The lowest BCUT2D eigenvalue weighted by Gasteiger charge is -2.31. The summed E-state index contributed by atoms with van der Waals surface area (Å²) in [5, 5.41) is 7.46. The first-order chi connectivity index (χ1) is 14.6. The average Bonchev–Trinajstić information content (AvgIpc) is 3.11. The van der Waals surface area contributed by atoms with Crippen LogP contribution in [0.5, 0.6) is 5.75 Å². The molecule has 3 rings (SSSR count). The molecular formula is C21H31N5O4. The maximum absolute atomic E-state index is 12.5. The molecule has 9 heteroatoms. The van der Waals surface area contributed by atoms with Crippen LogP contribution in [0, 0.1) is 0 Å². The lowest BCUT2D eigenvalue weighted by atomic mass is 9.96. The summed E-state index contributed by atoms with van der Waals surface area (Å²) >= 11 is 0. The lowest BCUT2D eigenvalue weighted by molar-refractivity contribution is 0.176. The van der Waals surface area contributed by atoms with Crippen molar-refractivity contribution in [1.82, 2.24) is 24.6 Å². The molecule has 1 fully saturated rings. The third-order valence-electron chi connectivity index (χ3n) is 5.31. The Hall–Kier alpha value is -2.81.